The third kappa shape index (κ3) is 9.16. The zero-order valence-electron chi connectivity index (χ0n) is 30.9. The lowest BCUT2D eigenvalue weighted by molar-refractivity contribution is -0.131. The molecule has 1 saturated heterocycles. The van der Waals surface area contributed by atoms with Gasteiger partial charge >= 0.3 is 0 Å². The van der Waals surface area contributed by atoms with Gasteiger partial charge in [0, 0.05) is 82.5 Å². The summed E-state index contributed by atoms with van der Waals surface area (Å²) in [6.45, 7) is 2.12. The van der Waals surface area contributed by atoms with Gasteiger partial charge in [-0.1, -0.05) is 18.2 Å². The average molecular weight is 748 g/mol. The van der Waals surface area contributed by atoms with Crippen LogP contribution in [-0.2, 0) is 34.4 Å². The van der Waals surface area contributed by atoms with E-state index in [2.05, 4.69) is 15.3 Å². The van der Waals surface area contributed by atoms with E-state index < -0.39 is 5.82 Å². The van der Waals surface area contributed by atoms with Crippen LogP contribution in [0, 0.1) is 11.7 Å². The van der Waals surface area contributed by atoms with Gasteiger partial charge < -0.3 is 39.3 Å². The molecule has 0 aliphatic carbocycles. The fraction of sp³-hybridized carbons (Fsp3) is 0.421. The van der Waals surface area contributed by atoms with Gasteiger partial charge in [-0.3, -0.25) is 23.9 Å². The molecule has 54 heavy (non-hydrogen) atoms. The Labute approximate surface area is 312 Å². The zero-order valence-corrected chi connectivity index (χ0v) is 30.9. The van der Waals surface area contributed by atoms with Crippen LogP contribution in [0.1, 0.15) is 40.7 Å². The minimum absolute atomic E-state index is 0.0994. The molecule has 2 aliphatic rings. The minimum atomic E-state index is -0.471. The molecule has 1 fully saturated rings. The molecule has 4 heterocycles. The van der Waals surface area contributed by atoms with Gasteiger partial charge in [-0.15, -0.1) is 0 Å². The summed E-state index contributed by atoms with van der Waals surface area (Å²) in [6, 6.07) is 9.98. The van der Waals surface area contributed by atoms with Crippen molar-refractivity contribution in [3.8, 4) is 17.2 Å². The minimum Gasteiger partial charge on any atom is -0.493 e. The second-order valence-corrected chi connectivity index (χ2v) is 13.1. The summed E-state index contributed by atoms with van der Waals surface area (Å²) in [4.78, 5) is 60.0. The molecule has 0 spiro atoms. The van der Waals surface area contributed by atoms with E-state index >= 15 is 0 Å². The Morgan fingerprint density at radius 1 is 1.04 bits per heavy atom. The largest absolute Gasteiger partial charge is 0.493 e. The number of hydrogen-bond donors (Lipinski definition) is 2. The first kappa shape index (κ1) is 39.3. The Morgan fingerprint density at radius 3 is 2.46 bits per heavy atom. The number of nitrogens with one attached hydrogen (secondary N) is 1. The molecule has 2 aromatic heterocycles. The van der Waals surface area contributed by atoms with E-state index in [1.807, 2.05) is 6.07 Å². The van der Waals surface area contributed by atoms with Crippen LogP contribution in [-0.4, -0.2) is 114 Å². The van der Waals surface area contributed by atoms with Crippen molar-refractivity contribution < 1.29 is 42.9 Å². The molecule has 2 aliphatic heterocycles. The molecule has 4 aromatic rings. The number of hydrogen-bond acceptors (Lipinski definition) is 10. The number of fused-ring (bicyclic) bond motifs is 5. The zero-order chi connectivity index (χ0) is 38.8. The van der Waals surface area contributed by atoms with E-state index in [1.165, 1.54) is 24.1 Å². The van der Waals surface area contributed by atoms with E-state index in [4.69, 9.17) is 29.1 Å². The normalized spacial score (nSPS) is 16.5. The van der Waals surface area contributed by atoms with E-state index in [0.29, 0.717) is 52.6 Å². The third-order valence-electron chi connectivity index (χ3n) is 9.59. The number of nitrogens with zero attached hydrogens (tertiary/aromatic N) is 6. The lowest BCUT2D eigenvalue weighted by atomic mass is 9.97. The molecular weight excluding hydrogens is 701 g/mol. The number of carboxylic acid groups (broad SMARTS) is 1. The van der Waals surface area contributed by atoms with Crippen molar-refractivity contribution in [3.05, 3.63) is 71.3 Å². The number of piperidine rings is 1. The van der Waals surface area contributed by atoms with Crippen LogP contribution in [0.5, 0.6) is 17.2 Å². The number of carbonyl (C=O) groups excluding carboxylic acids is 3. The molecule has 2 N–H and O–H groups in total. The highest BCUT2D eigenvalue weighted by Crippen LogP contribution is 2.44. The van der Waals surface area contributed by atoms with Crippen LogP contribution in [0.4, 0.5) is 10.2 Å². The monoisotopic (exact) mass is 747 g/mol. The number of amides is 3. The van der Waals surface area contributed by atoms with Crippen molar-refractivity contribution in [2.75, 3.05) is 65.5 Å². The maximum absolute atomic E-state index is 14.8. The average Bonchev–Trinajstić information content (AvgIpc) is 3.62. The van der Waals surface area contributed by atoms with Crippen LogP contribution < -0.4 is 24.4 Å². The van der Waals surface area contributed by atoms with E-state index in [1.54, 1.807) is 61.5 Å². The second kappa shape index (κ2) is 18.2. The Bertz CT molecular complexity index is 1970. The number of aryl methyl sites for hydroxylation is 1. The summed E-state index contributed by atoms with van der Waals surface area (Å²) in [5, 5.41) is 14.8. The molecule has 0 radical (unpaired) electrons. The number of methoxy groups -OCH3 is 3. The highest BCUT2D eigenvalue weighted by Gasteiger charge is 2.29. The molecular formula is C38H46FN7O8. The standard InChI is InChI=1S/C37H44FN7O6.CH2O2/c1-42-22-27(20-40-42)37(48)43-13-11-32(46)39-19-24-8-7-12-45(21-24)36-26(16-28-30(41-36)18-31(49-2)35(51-4)34(28)50-3)23-44(15-14-43)33(47)17-25-9-5-6-10-29(25)38;2-1-3/h5-6,9-10,16,18,20,22,24H,7-8,11-15,17,19,21,23H2,1-4H3,(H,39,46);1H,(H,2,3). The predicted octanol–water partition coefficient (Wildman–Crippen LogP) is 3.28. The second-order valence-electron chi connectivity index (χ2n) is 13.1. The van der Waals surface area contributed by atoms with Gasteiger partial charge in [0.15, 0.2) is 11.5 Å². The van der Waals surface area contributed by atoms with Crippen molar-refractivity contribution in [1.82, 2.24) is 29.9 Å². The summed E-state index contributed by atoms with van der Waals surface area (Å²) in [5.41, 5.74) is 2.01. The Kier molecular flexibility index (Phi) is 13.2. The molecule has 15 nitrogen and oxygen atoms in total. The third-order valence-corrected chi connectivity index (χ3v) is 9.59. The van der Waals surface area contributed by atoms with Gasteiger partial charge in [-0.25, -0.2) is 9.37 Å². The summed E-state index contributed by atoms with van der Waals surface area (Å²) >= 11 is 0. The van der Waals surface area contributed by atoms with Crippen molar-refractivity contribution in [1.29, 1.82) is 0 Å². The van der Waals surface area contributed by atoms with Gasteiger partial charge in [0.2, 0.25) is 17.6 Å². The number of carbonyl (C=O) groups is 4. The van der Waals surface area contributed by atoms with Gasteiger partial charge in [-0.2, -0.15) is 5.10 Å². The van der Waals surface area contributed by atoms with Crippen molar-refractivity contribution in [2.24, 2.45) is 13.0 Å². The number of benzene rings is 2. The summed E-state index contributed by atoms with van der Waals surface area (Å²) in [5.74, 6) is 0.913. The number of ether oxygens (including phenoxy) is 3. The molecule has 1 unspecified atom stereocenters. The predicted molar refractivity (Wildman–Crippen MR) is 197 cm³/mol. The van der Waals surface area contributed by atoms with Crippen molar-refractivity contribution >= 4 is 40.9 Å². The van der Waals surface area contributed by atoms with Gasteiger partial charge in [0.25, 0.3) is 12.4 Å². The number of anilines is 1. The van der Waals surface area contributed by atoms with Crippen LogP contribution in [0.2, 0.25) is 0 Å². The molecule has 288 valence electrons. The van der Waals surface area contributed by atoms with E-state index in [9.17, 15) is 18.8 Å². The van der Waals surface area contributed by atoms with Gasteiger partial charge in [-0.05, 0) is 36.5 Å². The van der Waals surface area contributed by atoms with Crippen LogP contribution in [0.3, 0.4) is 0 Å². The van der Waals surface area contributed by atoms with Crippen molar-refractivity contribution in [3.63, 3.8) is 0 Å². The molecule has 16 heteroatoms. The maximum atomic E-state index is 14.8. The first-order valence-corrected chi connectivity index (χ1v) is 17.6. The van der Waals surface area contributed by atoms with E-state index in [0.717, 1.165) is 24.9 Å². The number of rotatable bonds is 6. The van der Waals surface area contributed by atoms with Gasteiger partial charge in [0.1, 0.15) is 11.6 Å². The SMILES string of the molecule is COc1cc2nc3c(cc2c(OC)c1OC)CN(C(=O)Cc1ccccc1F)CCN(C(=O)c1cnn(C)c1)CCC(=O)NCC1CCCN3C1.O=CO. The Morgan fingerprint density at radius 2 is 1.78 bits per heavy atom. The number of aromatic nitrogens is 3. The van der Waals surface area contributed by atoms with Crippen molar-refractivity contribution in [2.45, 2.75) is 32.2 Å². The number of halogens is 1. The summed E-state index contributed by atoms with van der Waals surface area (Å²) in [7, 11) is 6.36. The fourth-order valence-electron chi connectivity index (χ4n) is 6.90. The lowest BCUT2D eigenvalue weighted by Gasteiger charge is -2.35. The first-order valence-electron chi connectivity index (χ1n) is 17.6. The molecule has 3 amide bonds. The quantitative estimate of drug-likeness (QED) is 0.278. The topological polar surface area (TPSA) is 169 Å². The fourth-order valence-corrected chi connectivity index (χ4v) is 6.90. The van der Waals surface area contributed by atoms with E-state index in [-0.39, 0.29) is 74.7 Å². The molecule has 2 aromatic carbocycles. The maximum Gasteiger partial charge on any atom is 0.290 e. The lowest BCUT2D eigenvalue weighted by Crippen LogP contribution is -2.43. The Hall–Kier alpha value is -5.93. The molecule has 2 bridgehead atoms. The molecule has 0 saturated carbocycles. The number of pyridine rings is 1. The van der Waals surface area contributed by atoms with Crippen LogP contribution in [0.15, 0.2) is 48.8 Å². The highest BCUT2D eigenvalue weighted by atomic mass is 19.1. The Balaban J connectivity index is 0.00000181. The molecule has 1 atom stereocenters. The van der Waals surface area contributed by atoms with Crippen LogP contribution >= 0.6 is 0 Å². The highest BCUT2D eigenvalue weighted by molar-refractivity contribution is 5.94. The summed E-state index contributed by atoms with van der Waals surface area (Å²) < 4.78 is 33.5. The van der Waals surface area contributed by atoms with Crippen LogP contribution in [0.25, 0.3) is 10.9 Å². The smallest absolute Gasteiger partial charge is 0.290 e. The summed E-state index contributed by atoms with van der Waals surface area (Å²) in [6.07, 6.45) is 4.84. The first-order chi connectivity index (χ1) is 26.1. The molecule has 6 rings (SSSR count). The van der Waals surface area contributed by atoms with Gasteiger partial charge in [0.05, 0.1) is 45.0 Å².